The zero-order valence-electron chi connectivity index (χ0n) is 37.3. The van der Waals surface area contributed by atoms with Gasteiger partial charge in [-0.3, -0.25) is 0 Å². The van der Waals surface area contributed by atoms with Gasteiger partial charge in [0.05, 0.1) is 88.1 Å². The van der Waals surface area contributed by atoms with Crippen LogP contribution in [0.25, 0.3) is 22.3 Å². The molecule has 0 aliphatic carbocycles. The molecule has 327 valence electrons. The maximum atomic E-state index is 12.9. The molecule has 0 amide bonds. The molecule has 0 fully saturated rings. The van der Waals surface area contributed by atoms with Gasteiger partial charge in [-0.15, -0.1) is 0 Å². The second-order valence-corrected chi connectivity index (χ2v) is 15.1. The minimum absolute atomic E-state index is 0.266. The van der Waals surface area contributed by atoms with Crippen molar-refractivity contribution in [3.63, 3.8) is 0 Å². The molecule has 0 heterocycles. The molecule has 4 rings (SSSR count). The monoisotopic (exact) mass is 986 g/mol. The average Bonchev–Trinajstić information content (AvgIpc) is 3.25. The second kappa shape index (κ2) is 22.8. The maximum absolute atomic E-state index is 12.9. The van der Waals surface area contributed by atoms with Crippen LogP contribution in [0.3, 0.4) is 0 Å². The van der Waals surface area contributed by atoms with Gasteiger partial charge in [-0.2, -0.15) is 0 Å². The summed E-state index contributed by atoms with van der Waals surface area (Å²) in [6.07, 6.45) is 0. The number of nitrogens with zero attached hydrogens (tertiary/aromatic N) is 1. The summed E-state index contributed by atoms with van der Waals surface area (Å²) in [5.41, 5.74) is 10.1. The molecular weight excluding hydrogens is 937 g/mol. The summed E-state index contributed by atoms with van der Waals surface area (Å²) in [4.78, 5) is 50.9. The van der Waals surface area contributed by atoms with Crippen LogP contribution >= 0.6 is 44.7 Å². The molecule has 0 bridgehead atoms. The summed E-state index contributed by atoms with van der Waals surface area (Å²) in [5, 5.41) is 0. The molecule has 0 unspecified atom stereocenters. The van der Waals surface area contributed by atoms with Gasteiger partial charge in [-0.05, 0) is 144 Å². The quantitative estimate of drug-likeness (QED) is 0.0696. The van der Waals surface area contributed by atoms with E-state index in [1.807, 2.05) is 55.4 Å². The van der Waals surface area contributed by atoms with Crippen LogP contribution in [0.15, 0.2) is 25.4 Å². The fourth-order valence-corrected chi connectivity index (χ4v) is 8.58. The normalized spacial score (nSPS) is 10.2. The van der Waals surface area contributed by atoms with E-state index in [0.29, 0.717) is 65.3 Å². The van der Waals surface area contributed by atoms with Gasteiger partial charge in [0.15, 0.2) is 0 Å². The van der Waals surface area contributed by atoms with Gasteiger partial charge in [0.25, 0.3) is 0 Å². The Morgan fingerprint density at radius 2 is 0.721 bits per heavy atom. The third-order valence-electron chi connectivity index (χ3n) is 10.5. The van der Waals surface area contributed by atoms with E-state index in [1.165, 1.54) is 42.7 Å². The summed E-state index contributed by atoms with van der Waals surface area (Å²) in [5.74, 6) is 0.0566. The first kappa shape index (κ1) is 52.3. The number of hydrogen-bond donors (Lipinski definition) is 1. The van der Waals surface area contributed by atoms with Crippen LogP contribution in [0, 0.1) is 55.4 Å². The second-order valence-electron chi connectivity index (χ2n) is 13.3. The Kier molecular flexibility index (Phi) is 19.6. The van der Waals surface area contributed by atoms with E-state index >= 15 is 0 Å². The molecule has 0 aliphatic rings. The van der Waals surface area contributed by atoms with E-state index in [0.717, 1.165) is 44.5 Å². The Labute approximate surface area is 381 Å². The van der Waals surface area contributed by atoms with E-state index in [9.17, 15) is 19.2 Å². The van der Waals surface area contributed by atoms with Gasteiger partial charge in [0.2, 0.25) is 0 Å². The average molecular weight is 989 g/mol. The number of esters is 4. The number of carbonyl (C=O) groups is 4. The number of carbonyl (C=O) groups excluding carboxylic acids is 4. The fourth-order valence-electron chi connectivity index (χ4n) is 6.95. The van der Waals surface area contributed by atoms with Crippen LogP contribution in [0.4, 0.5) is 0 Å². The number of ether oxygens (including phenoxy) is 8. The van der Waals surface area contributed by atoms with Crippen molar-refractivity contribution in [2.45, 2.75) is 55.4 Å². The molecule has 0 aromatic heterocycles. The van der Waals surface area contributed by atoms with Crippen LogP contribution < -0.4 is 18.9 Å². The Morgan fingerprint density at radius 1 is 0.459 bits per heavy atom. The first-order chi connectivity index (χ1) is 28.7. The third kappa shape index (κ3) is 10.3. The molecule has 0 aliphatic heterocycles. The van der Waals surface area contributed by atoms with Gasteiger partial charge in [0.1, 0.15) is 23.0 Å². The van der Waals surface area contributed by atoms with Crippen LogP contribution in [0.2, 0.25) is 0 Å². The van der Waals surface area contributed by atoms with Crippen LogP contribution in [-0.2, 0) is 18.9 Å². The zero-order chi connectivity index (χ0) is 46.8. The molecule has 17 heteroatoms. The van der Waals surface area contributed by atoms with Crippen LogP contribution in [0.1, 0.15) is 85.9 Å². The van der Waals surface area contributed by atoms with Gasteiger partial charge in [-0.25, -0.2) is 19.2 Å². The Hall–Kier alpha value is -4.87. The molecule has 4 aromatic carbocycles. The third-order valence-corrected chi connectivity index (χ3v) is 12.0. The number of hydrogen-bond acceptors (Lipinski definition) is 14. The Morgan fingerprint density at radius 3 is 0.951 bits per heavy atom. The summed E-state index contributed by atoms with van der Waals surface area (Å²) >= 11 is 10.2. The van der Waals surface area contributed by atoms with E-state index in [-0.39, 0.29) is 11.1 Å². The summed E-state index contributed by atoms with van der Waals surface area (Å²) in [6.45, 7) is 15.1. The van der Waals surface area contributed by atoms with Crippen LogP contribution in [0.5, 0.6) is 23.0 Å². The first-order valence-corrected chi connectivity index (χ1v) is 20.2. The summed E-state index contributed by atoms with van der Waals surface area (Å²) in [6, 6.07) is 3.28. The van der Waals surface area contributed by atoms with E-state index < -0.39 is 23.9 Å². The van der Waals surface area contributed by atoms with E-state index in [1.54, 1.807) is 26.4 Å². The molecule has 0 atom stereocenters. The molecule has 4 aromatic rings. The number of benzene rings is 4. The molecule has 1 radical (unpaired) electrons. The summed E-state index contributed by atoms with van der Waals surface area (Å²) in [7, 11) is 15.8. The SMILES string of the molecule is COC(=O)c1c(Br)c(OC)c(C)c(C)c1-c1c(C)c(C)c(OC)c(Br)c1C(=O)OC.COC(=O)c1cc(OC)c(C)c(C)c1-c1c(C(=O)OC)cc(OC)c(C)c1C.[B]=NS. The van der Waals surface area contributed by atoms with Gasteiger partial charge in [-0.1, -0.05) is 0 Å². The van der Waals surface area contributed by atoms with Crippen molar-refractivity contribution in [1.29, 1.82) is 0 Å². The van der Waals surface area contributed by atoms with Crippen molar-refractivity contribution in [3.05, 3.63) is 87.8 Å². The molecule has 0 saturated heterocycles. The van der Waals surface area contributed by atoms with Crippen molar-refractivity contribution < 1.29 is 57.1 Å². The predicted molar refractivity (Wildman–Crippen MR) is 246 cm³/mol. The van der Waals surface area contributed by atoms with Crippen molar-refractivity contribution in [1.82, 2.24) is 0 Å². The number of methoxy groups -OCH3 is 8. The Bertz CT molecular complexity index is 2220. The molecule has 0 saturated carbocycles. The van der Waals surface area contributed by atoms with Crippen molar-refractivity contribution in [2.24, 2.45) is 4.30 Å². The van der Waals surface area contributed by atoms with Crippen LogP contribution in [-0.4, -0.2) is 88.4 Å². The number of halogens is 2. The van der Waals surface area contributed by atoms with E-state index in [2.05, 4.69) is 56.6 Å². The topological polar surface area (TPSA) is 154 Å². The van der Waals surface area contributed by atoms with Crippen molar-refractivity contribution in [2.75, 3.05) is 56.9 Å². The molecule has 0 N–H and O–H groups in total. The van der Waals surface area contributed by atoms with Gasteiger partial charge >= 0.3 is 48.6 Å². The standard InChI is InChI=1S/C22H24Br2O6.C22H26O6.BHNS/c1-9-11(3)19(27-5)17(23)15(21(25)29-7)13(9)14-10(2)12(4)20(28-6)18(24)16(14)22(26)30-8;1-11-13(3)19(15(21(23)27-7)9-17(11)25-5)20-14(4)12(2)18(26-6)10-16(20)22(24)28-8;1-2-3/h1-8H3;9-10H,1-8H3;3H. The summed E-state index contributed by atoms with van der Waals surface area (Å²) < 4.78 is 45.6. The first-order valence-electron chi connectivity index (χ1n) is 18.2. The minimum atomic E-state index is -0.557. The molecular formula is C44H51BBr2NO12S. The number of rotatable bonds is 10. The number of thiol groups is 1. The zero-order valence-corrected chi connectivity index (χ0v) is 41.3. The van der Waals surface area contributed by atoms with E-state index in [4.69, 9.17) is 37.9 Å². The van der Waals surface area contributed by atoms with Crippen molar-refractivity contribution >= 4 is 76.2 Å². The van der Waals surface area contributed by atoms with Gasteiger partial charge in [0, 0.05) is 22.3 Å². The fraction of sp³-hybridized carbons (Fsp3) is 0.364. The Balaban J connectivity index is 0.000000395. The molecule has 61 heavy (non-hydrogen) atoms. The van der Waals surface area contributed by atoms with Gasteiger partial charge < -0.3 is 37.9 Å². The predicted octanol–water partition coefficient (Wildman–Crippen LogP) is 10.1. The molecule has 13 nitrogen and oxygen atoms in total. The van der Waals surface area contributed by atoms with Crippen molar-refractivity contribution in [3.8, 4) is 45.3 Å². The molecule has 0 spiro atoms.